The Morgan fingerprint density at radius 3 is 2.07 bits per heavy atom. The normalized spacial score (nSPS) is 11.6. The first-order valence-corrected chi connectivity index (χ1v) is 9.39. The monoisotopic (exact) mass is 374 g/mol. The third-order valence-corrected chi connectivity index (χ3v) is 5.27. The molecule has 0 amide bonds. The van der Waals surface area contributed by atoms with Crippen molar-refractivity contribution in [2.45, 2.75) is 0 Å². The van der Waals surface area contributed by atoms with E-state index < -0.39 is 0 Å². The van der Waals surface area contributed by atoms with Gasteiger partial charge in [-0.25, -0.2) is 14.8 Å². The Morgan fingerprint density at radius 2 is 1.24 bits per heavy atom. The molecule has 4 aromatic carbocycles. The summed E-state index contributed by atoms with van der Waals surface area (Å²) in [5.74, 6) is 0. The third kappa shape index (κ3) is 2.43. The van der Waals surface area contributed by atoms with Crippen molar-refractivity contribution in [1.82, 2.24) is 9.97 Å². The van der Waals surface area contributed by atoms with Gasteiger partial charge in [0.25, 0.3) is 0 Å². The second-order valence-electron chi connectivity index (χ2n) is 7.04. The summed E-state index contributed by atoms with van der Waals surface area (Å²) >= 11 is 0. The summed E-state index contributed by atoms with van der Waals surface area (Å²) in [6.45, 7) is 0. The predicted molar refractivity (Wildman–Crippen MR) is 116 cm³/mol. The van der Waals surface area contributed by atoms with Gasteiger partial charge in [0.1, 0.15) is 5.58 Å². The maximum atomic E-state index is 12.9. The van der Waals surface area contributed by atoms with E-state index in [9.17, 15) is 4.79 Å². The Morgan fingerprint density at radius 1 is 0.621 bits per heavy atom. The van der Waals surface area contributed by atoms with Gasteiger partial charge in [-0.1, -0.05) is 54.6 Å². The van der Waals surface area contributed by atoms with Gasteiger partial charge in [0, 0.05) is 16.3 Å². The highest BCUT2D eigenvalue weighted by Crippen LogP contribution is 2.33. The maximum absolute atomic E-state index is 12.9. The van der Waals surface area contributed by atoms with Crippen LogP contribution < -0.4 is 5.63 Å². The molecule has 136 valence electrons. The van der Waals surface area contributed by atoms with Crippen LogP contribution in [0.2, 0.25) is 0 Å². The van der Waals surface area contributed by atoms with Crippen molar-refractivity contribution >= 4 is 43.8 Å². The second-order valence-corrected chi connectivity index (χ2v) is 7.04. The lowest BCUT2D eigenvalue weighted by atomic mass is 9.98. The number of para-hydroxylation sites is 3. The van der Waals surface area contributed by atoms with Gasteiger partial charge in [0.05, 0.1) is 27.6 Å². The van der Waals surface area contributed by atoms with Gasteiger partial charge < -0.3 is 4.42 Å². The summed E-state index contributed by atoms with van der Waals surface area (Å²) < 4.78 is 5.59. The Labute approximate surface area is 165 Å². The summed E-state index contributed by atoms with van der Waals surface area (Å²) in [5, 5.41) is 2.89. The average molecular weight is 374 g/mol. The lowest BCUT2D eigenvalue weighted by Gasteiger charge is -2.10. The number of aromatic nitrogens is 2. The minimum absolute atomic E-state index is 0.379. The molecule has 0 saturated carbocycles. The highest BCUT2D eigenvalue weighted by Gasteiger charge is 2.16. The van der Waals surface area contributed by atoms with Crippen LogP contribution in [0, 0.1) is 0 Å². The lowest BCUT2D eigenvalue weighted by molar-refractivity contribution is 0.563. The lowest BCUT2D eigenvalue weighted by Crippen LogP contribution is -2.04. The molecule has 0 unspecified atom stereocenters. The fraction of sp³-hybridized carbons (Fsp3) is 0. The van der Waals surface area contributed by atoms with Gasteiger partial charge in [-0.2, -0.15) is 0 Å². The summed E-state index contributed by atoms with van der Waals surface area (Å²) in [7, 11) is 0. The van der Waals surface area contributed by atoms with Crippen LogP contribution in [-0.2, 0) is 0 Å². The Kier molecular flexibility index (Phi) is 3.29. The van der Waals surface area contributed by atoms with Crippen LogP contribution in [0.4, 0.5) is 0 Å². The van der Waals surface area contributed by atoms with Gasteiger partial charge in [0.2, 0.25) is 0 Å². The molecular formula is C25H14N2O2. The van der Waals surface area contributed by atoms with E-state index in [1.54, 1.807) is 6.07 Å². The first-order valence-electron chi connectivity index (χ1n) is 9.39. The number of hydrogen-bond acceptors (Lipinski definition) is 4. The first kappa shape index (κ1) is 16.0. The van der Waals surface area contributed by atoms with Crippen LogP contribution in [0.15, 0.2) is 94.1 Å². The van der Waals surface area contributed by atoms with Gasteiger partial charge >= 0.3 is 5.63 Å². The van der Waals surface area contributed by atoms with E-state index in [0.29, 0.717) is 16.7 Å². The molecule has 0 aliphatic rings. The average Bonchev–Trinajstić information content (AvgIpc) is 2.77. The van der Waals surface area contributed by atoms with Crippen LogP contribution >= 0.6 is 0 Å². The van der Waals surface area contributed by atoms with Crippen molar-refractivity contribution < 1.29 is 4.42 Å². The quantitative estimate of drug-likeness (QED) is 0.210. The third-order valence-electron chi connectivity index (χ3n) is 5.27. The molecule has 6 aromatic rings. The molecule has 4 heteroatoms. The van der Waals surface area contributed by atoms with Crippen molar-refractivity contribution in [3.8, 4) is 11.1 Å². The molecule has 0 aliphatic heterocycles. The van der Waals surface area contributed by atoms with Crippen LogP contribution in [0.1, 0.15) is 0 Å². The minimum Gasteiger partial charge on any atom is -0.422 e. The van der Waals surface area contributed by atoms with Crippen molar-refractivity contribution in [2.24, 2.45) is 0 Å². The van der Waals surface area contributed by atoms with Crippen molar-refractivity contribution in [3.05, 3.63) is 95.3 Å². The molecule has 2 heterocycles. The molecule has 0 bridgehead atoms. The molecule has 6 rings (SSSR count). The zero-order valence-electron chi connectivity index (χ0n) is 15.3. The molecule has 4 nitrogen and oxygen atoms in total. The van der Waals surface area contributed by atoms with Gasteiger partial charge in [-0.15, -0.1) is 0 Å². The molecule has 0 radical (unpaired) electrons. The molecule has 29 heavy (non-hydrogen) atoms. The molecule has 0 fully saturated rings. The standard InChI is InChI=1S/C25H14N2O2/c28-25-19(14-16-8-2-6-12-22(16)29-25)18-13-15-7-1-3-9-17(15)23-24(18)27-21-11-5-4-10-20(21)26-23/h1-14H. The summed E-state index contributed by atoms with van der Waals surface area (Å²) in [6.07, 6.45) is 0. The highest BCUT2D eigenvalue weighted by molar-refractivity contribution is 6.12. The summed E-state index contributed by atoms with van der Waals surface area (Å²) in [6, 6.07) is 27.2. The Balaban J connectivity index is 1.81. The molecule has 0 atom stereocenters. The number of fused-ring (bicyclic) bond motifs is 5. The maximum Gasteiger partial charge on any atom is 0.344 e. The van der Waals surface area contributed by atoms with E-state index in [4.69, 9.17) is 14.4 Å². The van der Waals surface area contributed by atoms with E-state index in [-0.39, 0.29) is 5.63 Å². The number of rotatable bonds is 1. The molecule has 0 saturated heterocycles. The van der Waals surface area contributed by atoms with E-state index in [0.717, 1.165) is 38.3 Å². The van der Waals surface area contributed by atoms with E-state index >= 15 is 0 Å². The fourth-order valence-electron chi connectivity index (χ4n) is 3.89. The van der Waals surface area contributed by atoms with Gasteiger partial charge in [-0.05, 0) is 35.7 Å². The van der Waals surface area contributed by atoms with E-state index in [1.807, 2.05) is 78.9 Å². The zero-order valence-corrected chi connectivity index (χ0v) is 15.3. The van der Waals surface area contributed by atoms with Crippen molar-refractivity contribution in [1.29, 1.82) is 0 Å². The molecule has 2 aromatic heterocycles. The summed E-state index contributed by atoms with van der Waals surface area (Å²) in [4.78, 5) is 22.6. The molecular weight excluding hydrogens is 360 g/mol. The van der Waals surface area contributed by atoms with Gasteiger partial charge in [-0.3, -0.25) is 0 Å². The van der Waals surface area contributed by atoms with E-state index in [1.165, 1.54) is 0 Å². The number of benzene rings is 4. The summed E-state index contributed by atoms with van der Waals surface area (Å²) in [5.41, 5.74) is 4.52. The second kappa shape index (κ2) is 5.97. The SMILES string of the molecule is O=c1oc2ccccc2cc1-c1cc2ccccc2c2nc3ccccc3nc12. The Bertz CT molecular complexity index is 1630. The zero-order chi connectivity index (χ0) is 19.4. The van der Waals surface area contributed by atoms with Crippen LogP contribution in [0.3, 0.4) is 0 Å². The minimum atomic E-state index is -0.379. The number of nitrogens with zero attached hydrogens (tertiary/aromatic N) is 2. The first-order chi connectivity index (χ1) is 14.3. The van der Waals surface area contributed by atoms with Crippen molar-refractivity contribution in [3.63, 3.8) is 0 Å². The number of hydrogen-bond donors (Lipinski definition) is 0. The predicted octanol–water partition coefficient (Wildman–Crippen LogP) is 5.71. The van der Waals surface area contributed by atoms with E-state index in [2.05, 4.69) is 0 Å². The fourth-order valence-corrected chi connectivity index (χ4v) is 3.89. The topological polar surface area (TPSA) is 56.0 Å². The Hall–Kier alpha value is -4.05. The smallest absolute Gasteiger partial charge is 0.344 e. The van der Waals surface area contributed by atoms with Crippen molar-refractivity contribution in [2.75, 3.05) is 0 Å². The van der Waals surface area contributed by atoms with Crippen LogP contribution in [0.5, 0.6) is 0 Å². The molecule has 0 spiro atoms. The van der Waals surface area contributed by atoms with Gasteiger partial charge in [0.15, 0.2) is 0 Å². The molecule has 0 aliphatic carbocycles. The molecule has 0 N–H and O–H groups in total. The largest absolute Gasteiger partial charge is 0.422 e. The highest BCUT2D eigenvalue weighted by atomic mass is 16.4. The van der Waals surface area contributed by atoms with Crippen LogP contribution in [-0.4, -0.2) is 9.97 Å². The van der Waals surface area contributed by atoms with Crippen LogP contribution in [0.25, 0.3) is 54.9 Å².